The molecule has 0 aliphatic heterocycles. The number of phenolic OH excluding ortho intramolecular Hbond substituents is 3. The number of aromatic hydroxyl groups is 3. The molecule has 0 bridgehead atoms. The van der Waals surface area contributed by atoms with E-state index in [4.69, 9.17) is 20.4 Å². The van der Waals surface area contributed by atoms with E-state index in [1.54, 1.807) is 0 Å². The molecule has 0 heterocycles. The molecule has 80 valence electrons. The average Bonchev–Trinajstić information content (AvgIpc) is 2.14. The number of aliphatic carboxylic acids is 1. The molecule has 1 rings (SSSR count). The lowest BCUT2D eigenvalue weighted by atomic mass is 9.98. The second-order valence-electron chi connectivity index (χ2n) is 2.96. The number of rotatable bonds is 3. The summed E-state index contributed by atoms with van der Waals surface area (Å²) in [4.78, 5) is 10.7. The predicted octanol–water partition coefficient (Wildman–Crippen LogP) is 1.16. The first kappa shape index (κ1) is 10.9. The summed E-state index contributed by atoms with van der Waals surface area (Å²) in [5, 5.41) is 36.2. The number of carbonyl (C=O) groups is 1. The molecule has 0 radical (unpaired) electrons. The fourth-order valence-corrected chi connectivity index (χ4v) is 1.18. The fraction of sp³-hybridized carbons (Fsp3) is 0.100. The highest BCUT2D eigenvalue weighted by atomic mass is 16.4. The zero-order valence-electron chi connectivity index (χ0n) is 7.71. The maximum Gasteiger partial charge on any atom is 0.314 e. The van der Waals surface area contributed by atoms with Crippen LogP contribution in [-0.2, 0) is 4.79 Å². The van der Waals surface area contributed by atoms with Crippen molar-refractivity contribution >= 4 is 5.97 Å². The van der Waals surface area contributed by atoms with Gasteiger partial charge in [0.1, 0.15) is 0 Å². The van der Waals surface area contributed by atoms with E-state index in [1.807, 2.05) is 0 Å². The van der Waals surface area contributed by atoms with E-state index >= 15 is 0 Å². The van der Waals surface area contributed by atoms with E-state index in [0.29, 0.717) is 0 Å². The Bertz CT molecular complexity index is 387. The summed E-state index contributed by atoms with van der Waals surface area (Å²) in [5.74, 6) is -4.01. The Morgan fingerprint density at radius 1 is 1.27 bits per heavy atom. The molecule has 0 fully saturated rings. The average molecular weight is 210 g/mol. The summed E-state index contributed by atoms with van der Waals surface area (Å²) in [6, 6.07) is 2.13. The van der Waals surface area contributed by atoms with Crippen molar-refractivity contribution < 1.29 is 25.2 Å². The lowest BCUT2D eigenvalue weighted by Gasteiger charge is -2.09. The molecular formula is C10H10O5. The highest BCUT2D eigenvalue weighted by molar-refractivity contribution is 5.79. The van der Waals surface area contributed by atoms with Crippen molar-refractivity contribution in [1.29, 1.82) is 0 Å². The van der Waals surface area contributed by atoms with Crippen molar-refractivity contribution in [3.8, 4) is 17.2 Å². The first-order chi connectivity index (χ1) is 6.97. The number of phenols is 3. The van der Waals surface area contributed by atoms with Gasteiger partial charge in [0.25, 0.3) is 0 Å². The molecule has 0 aromatic heterocycles. The zero-order valence-corrected chi connectivity index (χ0v) is 7.71. The first-order valence-corrected chi connectivity index (χ1v) is 4.07. The van der Waals surface area contributed by atoms with Crippen LogP contribution in [0.5, 0.6) is 17.2 Å². The van der Waals surface area contributed by atoms with Crippen molar-refractivity contribution in [2.75, 3.05) is 0 Å². The Balaban J connectivity index is 3.26. The van der Waals surface area contributed by atoms with E-state index in [-0.39, 0.29) is 5.56 Å². The Kier molecular flexibility index (Phi) is 2.85. The third kappa shape index (κ3) is 2.01. The summed E-state index contributed by atoms with van der Waals surface area (Å²) in [7, 11) is 0. The van der Waals surface area contributed by atoms with Crippen molar-refractivity contribution in [1.82, 2.24) is 0 Å². The van der Waals surface area contributed by atoms with Gasteiger partial charge in [-0.25, -0.2) is 0 Å². The third-order valence-corrected chi connectivity index (χ3v) is 1.95. The molecule has 5 nitrogen and oxygen atoms in total. The molecule has 0 spiro atoms. The minimum absolute atomic E-state index is 0.144. The van der Waals surface area contributed by atoms with Gasteiger partial charge in [0.05, 0.1) is 5.92 Å². The van der Waals surface area contributed by atoms with Crippen LogP contribution in [0, 0.1) is 0 Å². The normalized spacial score (nSPS) is 12.0. The summed E-state index contributed by atoms with van der Waals surface area (Å²) >= 11 is 0. The largest absolute Gasteiger partial charge is 0.504 e. The van der Waals surface area contributed by atoms with Gasteiger partial charge < -0.3 is 20.4 Å². The monoisotopic (exact) mass is 210 g/mol. The second kappa shape index (κ2) is 3.91. The van der Waals surface area contributed by atoms with Crippen molar-refractivity contribution in [3.05, 3.63) is 30.4 Å². The number of hydrogen-bond donors (Lipinski definition) is 4. The number of hydrogen-bond acceptors (Lipinski definition) is 4. The molecule has 1 unspecified atom stereocenters. The first-order valence-electron chi connectivity index (χ1n) is 4.07. The van der Waals surface area contributed by atoms with Crippen LogP contribution in [-0.4, -0.2) is 26.4 Å². The number of carboxylic acids is 1. The summed E-state index contributed by atoms with van der Waals surface area (Å²) in [6.07, 6.45) is 1.16. The van der Waals surface area contributed by atoms with Gasteiger partial charge in [-0.3, -0.25) is 4.79 Å². The van der Waals surface area contributed by atoms with Crippen molar-refractivity contribution in [3.63, 3.8) is 0 Å². The van der Waals surface area contributed by atoms with E-state index in [1.165, 1.54) is 0 Å². The zero-order chi connectivity index (χ0) is 11.6. The number of benzene rings is 1. The van der Waals surface area contributed by atoms with Gasteiger partial charge in [-0.2, -0.15) is 0 Å². The van der Waals surface area contributed by atoms with Crippen LogP contribution < -0.4 is 0 Å². The Morgan fingerprint density at radius 2 is 1.73 bits per heavy atom. The van der Waals surface area contributed by atoms with Gasteiger partial charge >= 0.3 is 5.97 Å². The molecule has 4 N–H and O–H groups in total. The second-order valence-corrected chi connectivity index (χ2v) is 2.96. The van der Waals surface area contributed by atoms with Crippen molar-refractivity contribution in [2.24, 2.45) is 0 Å². The van der Waals surface area contributed by atoms with Gasteiger partial charge in [0.15, 0.2) is 17.2 Å². The Hall–Kier alpha value is -2.17. The van der Waals surface area contributed by atoms with Crippen LogP contribution >= 0.6 is 0 Å². The molecule has 0 aliphatic carbocycles. The summed E-state index contributed by atoms with van der Waals surface area (Å²) < 4.78 is 0. The maximum absolute atomic E-state index is 10.7. The van der Waals surface area contributed by atoms with Gasteiger partial charge in [-0.1, -0.05) is 6.08 Å². The molecule has 0 amide bonds. The smallest absolute Gasteiger partial charge is 0.314 e. The van der Waals surface area contributed by atoms with E-state index in [9.17, 15) is 4.79 Å². The lowest BCUT2D eigenvalue weighted by molar-refractivity contribution is -0.137. The lowest BCUT2D eigenvalue weighted by Crippen LogP contribution is -2.08. The molecule has 0 saturated carbocycles. The molecule has 1 aromatic carbocycles. The van der Waals surface area contributed by atoms with Crippen LogP contribution in [0.15, 0.2) is 24.8 Å². The van der Waals surface area contributed by atoms with E-state index in [0.717, 1.165) is 18.2 Å². The van der Waals surface area contributed by atoms with E-state index < -0.39 is 29.1 Å². The van der Waals surface area contributed by atoms with Crippen LogP contribution in [0.25, 0.3) is 0 Å². The van der Waals surface area contributed by atoms with E-state index in [2.05, 4.69) is 6.58 Å². The van der Waals surface area contributed by atoms with Crippen molar-refractivity contribution in [2.45, 2.75) is 5.92 Å². The molecule has 15 heavy (non-hydrogen) atoms. The Labute approximate surface area is 85.5 Å². The van der Waals surface area contributed by atoms with Gasteiger partial charge in [-0.05, 0) is 17.7 Å². The van der Waals surface area contributed by atoms with Crippen LogP contribution in [0.4, 0.5) is 0 Å². The SMILES string of the molecule is C=CC(C(=O)O)c1cc(O)c(O)c(O)c1. The Morgan fingerprint density at radius 3 is 2.07 bits per heavy atom. The summed E-state index contributed by atoms with van der Waals surface area (Å²) in [6.45, 7) is 3.33. The molecule has 5 heteroatoms. The summed E-state index contributed by atoms with van der Waals surface area (Å²) in [5.41, 5.74) is 0.144. The maximum atomic E-state index is 10.7. The topological polar surface area (TPSA) is 98.0 Å². The predicted molar refractivity (Wildman–Crippen MR) is 52.0 cm³/mol. The highest BCUT2D eigenvalue weighted by Gasteiger charge is 2.19. The molecule has 0 aliphatic rings. The van der Waals surface area contributed by atoms with Gasteiger partial charge in [0, 0.05) is 0 Å². The third-order valence-electron chi connectivity index (χ3n) is 1.95. The molecule has 1 aromatic rings. The minimum Gasteiger partial charge on any atom is -0.504 e. The fourth-order valence-electron chi connectivity index (χ4n) is 1.18. The standard InChI is InChI=1S/C10H10O5/c1-2-6(10(14)15)5-3-7(11)9(13)8(12)4-5/h2-4,6,11-13H,1H2,(H,14,15). The van der Waals surface area contributed by atoms with Gasteiger partial charge in [-0.15, -0.1) is 6.58 Å². The molecular weight excluding hydrogens is 200 g/mol. The highest BCUT2D eigenvalue weighted by Crippen LogP contribution is 2.37. The minimum atomic E-state index is -1.16. The van der Waals surface area contributed by atoms with Crippen LogP contribution in [0.3, 0.4) is 0 Å². The molecule has 1 atom stereocenters. The quantitative estimate of drug-likeness (QED) is 0.443. The number of carboxylic acid groups (broad SMARTS) is 1. The van der Waals surface area contributed by atoms with Gasteiger partial charge in [0.2, 0.25) is 0 Å². The van der Waals surface area contributed by atoms with Crippen LogP contribution in [0.1, 0.15) is 11.5 Å². The molecule has 0 saturated heterocycles. The van der Waals surface area contributed by atoms with Crippen LogP contribution in [0.2, 0.25) is 0 Å².